The molecule has 2 N–H and O–H groups in total. The Hall–Kier alpha value is -1.23. The van der Waals surface area contributed by atoms with Crippen molar-refractivity contribution in [2.75, 3.05) is 13.6 Å². The minimum atomic E-state index is 0.171. The third-order valence-electron chi connectivity index (χ3n) is 3.14. The van der Waals surface area contributed by atoms with E-state index in [0.717, 1.165) is 16.6 Å². The lowest BCUT2D eigenvalue weighted by atomic mass is 10.1. The zero-order valence-corrected chi connectivity index (χ0v) is 12.5. The van der Waals surface area contributed by atoms with Crippen LogP contribution in [0.4, 0.5) is 0 Å². The van der Waals surface area contributed by atoms with Gasteiger partial charge in [-0.3, -0.25) is 9.88 Å². The summed E-state index contributed by atoms with van der Waals surface area (Å²) < 4.78 is 0.983. The highest BCUT2D eigenvalue weighted by Gasteiger charge is 2.16. The van der Waals surface area contributed by atoms with Crippen LogP contribution in [-0.2, 0) is 6.54 Å². The molecule has 0 aliphatic heterocycles. The van der Waals surface area contributed by atoms with Crippen molar-refractivity contribution in [3.8, 4) is 0 Å². The van der Waals surface area contributed by atoms with Crippen LogP contribution in [0.15, 0.2) is 53.3 Å². The zero-order chi connectivity index (χ0) is 13.7. The van der Waals surface area contributed by atoms with Gasteiger partial charge in [0.05, 0.1) is 0 Å². The second-order valence-electron chi connectivity index (χ2n) is 4.59. The predicted octanol–water partition coefficient (Wildman–Crippen LogP) is 2.98. The van der Waals surface area contributed by atoms with Crippen molar-refractivity contribution < 1.29 is 0 Å². The van der Waals surface area contributed by atoms with Crippen LogP contribution < -0.4 is 5.73 Å². The van der Waals surface area contributed by atoms with Gasteiger partial charge in [-0.25, -0.2) is 0 Å². The molecule has 0 saturated heterocycles. The third-order valence-corrected chi connectivity index (χ3v) is 3.57. The number of rotatable bonds is 5. The molecular weight excluding hydrogens is 302 g/mol. The molecule has 1 aromatic heterocycles. The van der Waals surface area contributed by atoms with Crippen molar-refractivity contribution in [2.45, 2.75) is 12.6 Å². The summed E-state index contributed by atoms with van der Waals surface area (Å²) in [6.45, 7) is 1.44. The fraction of sp³-hybridized carbons (Fsp3) is 0.267. The molecule has 100 valence electrons. The molecule has 0 fully saturated rings. The first-order valence-electron chi connectivity index (χ1n) is 6.25. The molecule has 0 aliphatic carbocycles. The molecule has 1 unspecified atom stereocenters. The molecule has 0 spiro atoms. The van der Waals surface area contributed by atoms with Crippen molar-refractivity contribution in [1.82, 2.24) is 9.88 Å². The summed E-state index contributed by atoms with van der Waals surface area (Å²) in [5.74, 6) is 0. The van der Waals surface area contributed by atoms with Crippen molar-refractivity contribution in [3.63, 3.8) is 0 Å². The molecule has 2 rings (SSSR count). The average molecular weight is 320 g/mol. The molecule has 1 heterocycles. The van der Waals surface area contributed by atoms with Gasteiger partial charge in [-0.2, -0.15) is 0 Å². The van der Waals surface area contributed by atoms with Crippen LogP contribution in [0, 0.1) is 0 Å². The fourth-order valence-corrected chi connectivity index (χ4v) is 2.55. The molecule has 3 nitrogen and oxygen atoms in total. The summed E-state index contributed by atoms with van der Waals surface area (Å²) in [5.41, 5.74) is 8.34. The summed E-state index contributed by atoms with van der Waals surface area (Å²) >= 11 is 3.45. The van der Waals surface area contributed by atoms with Crippen LogP contribution in [-0.4, -0.2) is 23.5 Å². The lowest BCUT2D eigenvalue weighted by Gasteiger charge is -2.27. The average Bonchev–Trinajstić information content (AvgIpc) is 2.41. The Bertz CT molecular complexity index is 516. The molecule has 19 heavy (non-hydrogen) atoms. The highest BCUT2D eigenvalue weighted by Crippen LogP contribution is 2.22. The van der Waals surface area contributed by atoms with Gasteiger partial charge in [-0.1, -0.05) is 30.3 Å². The molecule has 0 amide bonds. The maximum absolute atomic E-state index is 5.92. The lowest BCUT2D eigenvalue weighted by molar-refractivity contribution is 0.241. The Labute approximate surface area is 122 Å². The van der Waals surface area contributed by atoms with Gasteiger partial charge in [0, 0.05) is 36.0 Å². The summed E-state index contributed by atoms with van der Waals surface area (Å²) in [4.78, 5) is 6.46. The number of halogens is 1. The van der Waals surface area contributed by atoms with Gasteiger partial charge in [-0.05, 0) is 40.2 Å². The smallest absolute Gasteiger partial charge is 0.0486 e. The molecule has 4 heteroatoms. The third kappa shape index (κ3) is 3.86. The van der Waals surface area contributed by atoms with Crippen LogP contribution >= 0.6 is 15.9 Å². The van der Waals surface area contributed by atoms with E-state index in [-0.39, 0.29) is 6.04 Å². The topological polar surface area (TPSA) is 42.1 Å². The van der Waals surface area contributed by atoms with E-state index in [1.165, 1.54) is 5.56 Å². The molecular formula is C15H18BrN3. The second kappa shape index (κ2) is 6.80. The first-order valence-corrected chi connectivity index (χ1v) is 7.04. The first-order chi connectivity index (χ1) is 9.20. The van der Waals surface area contributed by atoms with E-state index in [0.29, 0.717) is 6.54 Å². The van der Waals surface area contributed by atoms with E-state index in [9.17, 15) is 0 Å². The Morgan fingerprint density at radius 2 is 2.00 bits per heavy atom. The Morgan fingerprint density at radius 3 is 2.63 bits per heavy atom. The van der Waals surface area contributed by atoms with Crippen molar-refractivity contribution in [1.29, 1.82) is 0 Å². The van der Waals surface area contributed by atoms with Crippen LogP contribution in [0.3, 0.4) is 0 Å². The minimum absolute atomic E-state index is 0.171. The number of benzene rings is 1. The fourth-order valence-electron chi connectivity index (χ4n) is 2.16. The quantitative estimate of drug-likeness (QED) is 0.921. The van der Waals surface area contributed by atoms with Gasteiger partial charge in [0.15, 0.2) is 0 Å². The Kier molecular flexibility index (Phi) is 5.07. The summed E-state index contributed by atoms with van der Waals surface area (Å²) in [6.07, 6.45) is 3.66. The molecule has 1 atom stereocenters. The summed E-state index contributed by atoms with van der Waals surface area (Å²) in [6, 6.07) is 12.6. The van der Waals surface area contributed by atoms with E-state index in [4.69, 9.17) is 5.73 Å². The minimum Gasteiger partial charge on any atom is -0.329 e. The highest BCUT2D eigenvalue weighted by molar-refractivity contribution is 9.10. The molecule has 0 radical (unpaired) electrons. The van der Waals surface area contributed by atoms with E-state index >= 15 is 0 Å². The largest absolute Gasteiger partial charge is 0.329 e. The van der Waals surface area contributed by atoms with Gasteiger partial charge in [0.2, 0.25) is 0 Å². The Morgan fingerprint density at radius 1 is 1.26 bits per heavy atom. The normalized spacial score (nSPS) is 12.6. The van der Waals surface area contributed by atoms with E-state index in [1.54, 1.807) is 6.20 Å². The van der Waals surface area contributed by atoms with Crippen LogP contribution in [0.1, 0.15) is 17.2 Å². The number of pyridine rings is 1. The van der Waals surface area contributed by atoms with Gasteiger partial charge >= 0.3 is 0 Å². The number of likely N-dealkylation sites (N-methyl/N-ethyl adjacent to an activating group) is 1. The molecule has 0 bridgehead atoms. The van der Waals surface area contributed by atoms with E-state index < -0.39 is 0 Å². The molecule has 0 aliphatic rings. The van der Waals surface area contributed by atoms with Crippen molar-refractivity contribution in [3.05, 3.63) is 64.4 Å². The predicted molar refractivity (Wildman–Crippen MR) is 81.6 cm³/mol. The Balaban J connectivity index is 2.13. The summed E-state index contributed by atoms with van der Waals surface area (Å²) in [7, 11) is 2.09. The van der Waals surface area contributed by atoms with E-state index in [1.807, 2.05) is 12.3 Å². The van der Waals surface area contributed by atoms with Crippen molar-refractivity contribution >= 4 is 15.9 Å². The standard InChI is InChI=1S/C15H18BrN3/c1-19(11-12-5-3-2-4-6-12)15(8-17)13-7-14(16)10-18-9-13/h2-7,9-10,15H,8,11,17H2,1H3. The zero-order valence-electron chi connectivity index (χ0n) is 11.0. The monoisotopic (exact) mass is 319 g/mol. The number of hydrogen-bond acceptors (Lipinski definition) is 3. The van der Waals surface area contributed by atoms with Gasteiger partial charge in [-0.15, -0.1) is 0 Å². The highest BCUT2D eigenvalue weighted by atomic mass is 79.9. The number of nitrogens with two attached hydrogens (primary N) is 1. The van der Waals surface area contributed by atoms with Gasteiger partial charge in [0.25, 0.3) is 0 Å². The SMILES string of the molecule is CN(Cc1ccccc1)C(CN)c1cncc(Br)c1. The summed E-state index contributed by atoms with van der Waals surface area (Å²) in [5, 5.41) is 0. The van der Waals surface area contributed by atoms with Gasteiger partial charge in [0.1, 0.15) is 0 Å². The van der Waals surface area contributed by atoms with Crippen LogP contribution in [0.25, 0.3) is 0 Å². The van der Waals surface area contributed by atoms with E-state index in [2.05, 4.69) is 63.2 Å². The van der Waals surface area contributed by atoms with Crippen LogP contribution in [0.5, 0.6) is 0 Å². The number of nitrogens with zero attached hydrogens (tertiary/aromatic N) is 2. The number of aromatic nitrogens is 1. The number of hydrogen-bond donors (Lipinski definition) is 1. The van der Waals surface area contributed by atoms with Gasteiger partial charge < -0.3 is 5.73 Å². The first kappa shape index (κ1) is 14.2. The lowest BCUT2D eigenvalue weighted by Crippen LogP contribution is -2.30. The van der Waals surface area contributed by atoms with Crippen molar-refractivity contribution in [2.24, 2.45) is 5.73 Å². The molecule has 1 aromatic carbocycles. The molecule has 2 aromatic rings. The maximum atomic E-state index is 5.92. The second-order valence-corrected chi connectivity index (χ2v) is 5.50. The maximum Gasteiger partial charge on any atom is 0.0486 e. The van der Waals surface area contributed by atoms with Crippen LogP contribution in [0.2, 0.25) is 0 Å². The molecule has 0 saturated carbocycles.